The summed E-state index contributed by atoms with van der Waals surface area (Å²) in [6, 6.07) is 5.47. The molecule has 3 aromatic rings. The average Bonchev–Trinajstić information content (AvgIpc) is 2.90. The third-order valence-electron chi connectivity index (χ3n) is 2.88. The molecule has 2 N–H and O–H groups in total. The second-order valence-electron chi connectivity index (χ2n) is 4.60. The number of benzene rings is 1. The number of nitrogens with zero attached hydrogens (tertiary/aromatic N) is 4. The van der Waals surface area contributed by atoms with Gasteiger partial charge in [0.1, 0.15) is 11.5 Å². The Labute approximate surface area is 133 Å². The van der Waals surface area contributed by atoms with Gasteiger partial charge in [0, 0.05) is 5.69 Å². The molecule has 2 aromatic heterocycles. The summed E-state index contributed by atoms with van der Waals surface area (Å²) in [4.78, 5) is 25.9. The van der Waals surface area contributed by atoms with E-state index in [4.69, 9.17) is 0 Å². The highest BCUT2D eigenvalue weighted by Crippen LogP contribution is 2.15. The van der Waals surface area contributed by atoms with Crippen LogP contribution in [0.5, 0.6) is 0 Å². The van der Waals surface area contributed by atoms with Gasteiger partial charge in [0.2, 0.25) is 11.1 Å². The van der Waals surface area contributed by atoms with E-state index in [0.29, 0.717) is 10.8 Å². The Hall–Kier alpha value is -2.75. The van der Waals surface area contributed by atoms with Crippen LogP contribution in [0, 0.1) is 12.7 Å². The van der Waals surface area contributed by atoms with Crippen molar-refractivity contribution in [3.8, 4) is 0 Å². The number of carbonyl (C=O) groups is 1. The number of thioether (sulfide) groups is 1. The number of H-pyrrole nitrogens is 1. The van der Waals surface area contributed by atoms with Crippen molar-refractivity contribution in [3.63, 3.8) is 0 Å². The van der Waals surface area contributed by atoms with E-state index in [2.05, 4.69) is 25.6 Å². The van der Waals surface area contributed by atoms with E-state index < -0.39 is 0 Å². The molecular formula is C13H11FN6O2S. The lowest BCUT2D eigenvalue weighted by Gasteiger charge is -2.04. The molecule has 0 aliphatic rings. The number of aryl methyl sites for hydroxylation is 1. The fourth-order valence-corrected chi connectivity index (χ4v) is 2.45. The van der Waals surface area contributed by atoms with Gasteiger partial charge in [0.05, 0.1) is 5.75 Å². The van der Waals surface area contributed by atoms with E-state index in [1.54, 1.807) is 6.92 Å². The summed E-state index contributed by atoms with van der Waals surface area (Å²) >= 11 is 1.12. The lowest BCUT2D eigenvalue weighted by atomic mass is 10.3. The van der Waals surface area contributed by atoms with Crippen LogP contribution in [0.3, 0.4) is 0 Å². The molecule has 1 aromatic carbocycles. The first-order chi connectivity index (χ1) is 11.0. The maximum absolute atomic E-state index is 12.8. The summed E-state index contributed by atoms with van der Waals surface area (Å²) in [7, 11) is 0. The van der Waals surface area contributed by atoms with Crippen LogP contribution in [-0.2, 0) is 4.79 Å². The van der Waals surface area contributed by atoms with Crippen molar-refractivity contribution in [3.05, 3.63) is 46.1 Å². The van der Waals surface area contributed by atoms with Gasteiger partial charge in [-0.1, -0.05) is 11.8 Å². The molecule has 0 radical (unpaired) electrons. The zero-order chi connectivity index (χ0) is 16.4. The number of halogens is 1. The highest BCUT2D eigenvalue weighted by atomic mass is 32.2. The summed E-state index contributed by atoms with van der Waals surface area (Å²) in [5.74, 6) is -0.373. The Morgan fingerprint density at radius 3 is 2.83 bits per heavy atom. The van der Waals surface area contributed by atoms with Crippen LogP contribution in [0.4, 0.5) is 10.1 Å². The van der Waals surface area contributed by atoms with E-state index in [-0.39, 0.29) is 34.5 Å². The van der Waals surface area contributed by atoms with Gasteiger partial charge < -0.3 is 5.32 Å². The predicted molar refractivity (Wildman–Crippen MR) is 81.9 cm³/mol. The largest absolute Gasteiger partial charge is 0.325 e. The zero-order valence-electron chi connectivity index (χ0n) is 11.9. The molecule has 0 aliphatic carbocycles. The maximum Gasteiger partial charge on any atom is 0.273 e. The van der Waals surface area contributed by atoms with Crippen molar-refractivity contribution in [1.82, 2.24) is 24.8 Å². The summed E-state index contributed by atoms with van der Waals surface area (Å²) in [6.07, 6.45) is 0. The molecule has 0 saturated carbocycles. The minimum atomic E-state index is -0.372. The van der Waals surface area contributed by atoms with E-state index in [1.165, 1.54) is 28.8 Å². The Morgan fingerprint density at radius 2 is 2.09 bits per heavy atom. The van der Waals surface area contributed by atoms with Gasteiger partial charge in [-0.25, -0.2) is 4.39 Å². The smallest absolute Gasteiger partial charge is 0.273 e. The molecule has 8 nitrogen and oxygen atoms in total. The number of aromatic nitrogens is 5. The molecule has 0 fully saturated rings. The number of anilines is 1. The number of nitrogens with one attached hydrogen (secondary N) is 2. The number of hydrogen-bond donors (Lipinski definition) is 2. The van der Waals surface area contributed by atoms with Crippen LogP contribution in [0.1, 0.15) is 5.69 Å². The van der Waals surface area contributed by atoms with Gasteiger partial charge in [-0.2, -0.15) is 9.61 Å². The van der Waals surface area contributed by atoms with Gasteiger partial charge in [-0.05, 0) is 31.2 Å². The Kier molecular flexibility index (Phi) is 4.06. The molecule has 10 heteroatoms. The Bertz CT molecular complexity index is 920. The zero-order valence-corrected chi connectivity index (χ0v) is 12.7. The van der Waals surface area contributed by atoms with E-state index in [0.717, 1.165) is 11.8 Å². The van der Waals surface area contributed by atoms with Crippen molar-refractivity contribution in [2.75, 3.05) is 11.1 Å². The molecule has 0 spiro atoms. The van der Waals surface area contributed by atoms with Crippen LogP contribution in [0.15, 0.2) is 34.2 Å². The van der Waals surface area contributed by atoms with E-state index in [9.17, 15) is 14.0 Å². The van der Waals surface area contributed by atoms with Crippen molar-refractivity contribution < 1.29 is 9.18 Å². The quantitative estimate of drug-likeness (QED) is 0.690. The first-order valence-electron chi connectivity index (χ1n) is 6.53. The van der Waals surface area contributed by atoms with E-state index >= 15 is 0 Å². The van der Waals surface area contributed by atoms with Gasteiger partial charge >= 0.3 is 0 Å². The second kappa shape index (κ2) is 6.16. The molecule has 0 saturated heterocycles. The second-order valence-corrected chi connectivity index (χ2v) is 5.54. The fourth-order valence-electron chi connectivity index (χ4n) is 1.77. The molecule has 2 heterocycles. The highest BCUT2D eigenvalue weighted by molar-refractivity contribution is 7.99. The lowest BCUT2D eigenvalue weighted by Crippen LogP contribution is -2.16. The standard InChI is InChI=1S/C13H11FN6O2S/c1-7-11(22)16-12-17-18-13(20(12)19-7)23-6-10(21)15-9-4-2-8(14)3-5-9/h2-5H,6H2,1H3,(H,15,21)(H,16,17,22). The van der Waals surface area contributed by atoms with Crippen molar-refractivity contribution in [2.45, 2.75) is 12.1 Å². The summed E-state index contributed by atoms with van der Waals surface area (Å²) < 4.78 is 14.2. The summed E-state index contributed by atoms with van der Waals surface area (Å²) in [6.45, 7) is 1.56. The topological polar surface area (TPSA) is 105 Å². The Morgan fingerprint density at radius 1 is 1.35 bits per heavy atom. The third-order valence-corrected chi connectivity index (χ3v) is 3.80. The van der Waals surface area contributed by atoms with Crippen LogP contribution in [-0.4, -0.2) is 36.5 Å². The molecule has 23 heavy (non-hydrogen) atoms. The van der Waals surface area contributed by atoms with Crippen LogP contribution < -0.4 is 10.9 Å². The molecule has 0 bridgehead atoms. The number of carbonyl (C=O) groups excluding carboxylic acids is 1. The fraction of sp³-hybridized carbons (Fsp3) is 0.154. The number of hydrogen-bond acceptors (Lipinski definition) is 6. The Balaban J connectivity index is 1.68. The molecular weight excluding hydrogens is 323 g/mol. The number of aromatic amines is 1. The van der Waals surface area contributed by atoms with Gasteiger partial charge in [0.25, 0.3) is 11.3 Å². The molecule has 3 rings (SSSR count). The summed E-state index contributed by atoms with van der Waals surface area (Å²) in [5, 5.41) is 14.8. The monoisotopic (exact) mass is 334 g/mol. The van der Waals surface area contributed by atoms with Crippen LogP contribution in [0.2, 0.25) is 0 Å². The molecule has 0 aliphatic heterocycles. The molecule has 0 atom stereocenters. The molecule has 118 valence electrons. The van der Waals surface area contributed by atoms with Crippen molar-refractivity contribution in [2.24, 2.45) is 0 Å². The molecule has 1 amide bonds. The van der Waals surface area contributed by atoms with Crippen molar-refractivity contribution in [1.29, 1.82) is 0 Å². The van der Waals surface area contributed by atoms with E-state index in [1.807, 2.05) is 0 Å². The molecule has 0 unspecified atom stereocenters. The van der Waals surface area contributed by atoms with Crippen LogP contribution >= 0.6 is 11.8 Å². The first kappa shape index (κ1) is 15.2. The lowest BCUT2D eigenvalue weighted by molar-refractivity contribution is -0.113. The maximum atomic E-state index is 12.8. The average molecular weight is 334 g/mol. The minimum Gasteiger partial charge on any atom is -0.325 e. The third kappa shape index (κ3) is 3.37. The minimum absolute atomic E-state index is 0.0675. The number of amides is 1. The van der Waals surface area contributed by atoms with Gasteiger partial charge in [-0.3, -0.25) is 14.6 Å². The SMILES string of the molecule is Cc1nn2c(SCC(=O)Nc3ccc(F)cc3)nnc2[nH]c1=O. The first-order valence-corrected chi connectivity index (χ1v) is 7.52. The van der Waals surface area contributed by atoms with Crippen LogP contribution in [0.25, 0.3) is 5.78 Å². The highest BCUT2D eigenvalue weighted by Gasteiger charge is 2.12. The van der Waals surface area contributed by atoms with Crippen molar-refractivity contribution >= 4 is 29.1 Å². The number of rotatable bonds is 4. The summed E-state index contributed by atoms with van der Waals surface area (Å²) in [5.41, 5.74) is 0.437. The van der Waals surface area contributed by atoms with Gasteiger partial charge in [0.15, 0.2) is 0 Å². The predicted octanol–water partition coefficient (Wildman–Crippen LogP) is 0.991. The van der Waals surface area contributed by atoms with Gasteiger partial charge in [-0.15, -0.1) is 10.2 Å². The normalized spacial score (nSPS) is 10.9. The number of fused-ring (bicyclic) bond motifs is 1.